The van der Waals surface area contributed by atoms with Gasteiger partial charge in [-0.1, -0.05) is 12.1 Å². The molecule has 2 nitrogen and oxygen atoms in total. The zero-order valence-electron chi connectivity index (χ0n) is 8.62. The van der Waals surface area contributed by atoms with Gasteiger partial charge in [-0.15, -0.1) is 25.6 Å². The van der Waals surface area contributed by atoms with Crippen LogP contribution in [0, 0.1) is 0 Å². The summed E-state index contributed by atoms with van der Waals surface area (Å²) >= 11 is 0. The smallest absolute Gasteiger partial charge is 0.406 e. The van der Waals surface area contributed by atoms with Crippen molar-refractivity contribution in [3.05, 3.63) is 29.8 Å². The Hall–Kier alpha value is -0.940. The van der Waals surface area contributed by atoms with E-state index in [4.69, 9.17) is 5.73 Å². The van der Waals surface area contributed by atoms with E-state index in [-0.39, 0.29) is 24.2 Å². The lowest BCUT2D eigenvalue weighted by Crippen LogP contribution is -2.18. The fourth-order valence-electron chi connectivity index (χ4n) is 1.20. The van der Waals surface area contributed by atoms with E-state index in [0.29, 0.717) is 6.42 Å². The highest BCUT2D eigenvalue weighted by Gasteiger charge is 2.30. The second-order valence-corrected chi connectivity index (χ2v) is 3.37. The van der Waals surface area contributed by atoms with E-state index in [9.17, 15) is 13.2 Å². The third kappa shape index (κ3) is 5.82. The maximum atomic E-state index is 11.8. The highest BCUT2D eigenvalue weighted by Crippen LogP contribution is 2.22. The Bertz CT molecular complexity index is 311. The highest BCUT2D eigenvalue weighted by atomic mass is 35.5. The minimum absolute atomic E-state index is 0. The Labute approximate surface area is 98.0 Å². The predicted molar refractivity (Wildman–Crippen MR) is 57.7 cm³/mol. The molecule has 0 aromatic heterocycles. The van der Waals surface area contributed by atoms with Gasteiger partial charge < -0.3 is 10.5 Å². The summed E-state index contributed by atoms with van der Waals surface area (Å²) in [6.07, 6.45) is -4.00. The number of rotatable bonds is 3. The molecule has 0 saturated carbocycles. The summed E-state index contributed by atoms with van der Waals surface area (Å²) < 4.78 is 39.2. The van der Waals surface area contributed by atoms with Gasteiger partial charge in [0.25, 0.3) is 0 Å². The SMILES string of the molecule is CC(N)Cc1ccc(OC(F)(F)F)cc1.Cl. The number of halogens is 4. The molecule has 0 aliphatic rings. The van der Waals surface area contributed by atoms with Crippen LogP contribution in [0.25, 0.3) is 0 Å². The molecule has 16 heavy (non-hydrogen) atoms. The minimum Gasteiger partial charge on any atom is -0.406 e. The lowest BCUT2D eigenvalue weighted by atomic mass is 10.1. The molecule has 0 amide bonds. The maximum absolute atomic E-state index is 11.8. The fourth-order valence-corrected chi connectivity index (χ4v) is 1.20. The van der Waals surface area contributed by atoms with Crippen molar-refractivity contribution < 1.29 is 17.9 Å². The molecule has 1 atom stereocenters. The molecule has 0 bridgehead atoms. The van der Waals surface area contributed by atoms with Crippen molar-refractivity contribution in [2.75, 3.05) is 0 Å². The average Bonchev–Trinajstić information content (AvgIpc) is 2.05. The average molecular weight is 256 g/mol. The van der Waals surface area contributed by atoms with Crippen LogP contribution in [0.4, 0.5) is 13.2 Å². The molecule has 0 spiro atoms. The summed E-state index contributed by atoms with van der Waals surface area (Å²) in [5.41, 5.74) is 6.44. The summed E-state index contributed by atoms with van der Waals surface area (Å²) in [6.45, 7) is 1.83. The van der Waals surface area contributed by atoms with E-state index in [2.05, 4.69) is 4.74 Å². The van der Waals surface area contributed by atoms with Gasteiger partial charge in [0.2, 0.25) is 0 Å². The van der Waals surface area contributed by atoms with Crippen molar-refractivity contribution in [2.45, 2.75) is 25.7 Å². The molecular weight excluding hydrogens is 243 g/mol. The molecule has 1 rings (SSSR count). The Morgan fingerprint density at radius 2 is 1.75 bits per heavy atom. The molecular formula is C10H13ClF3NO. The number of nitrogens with two attached hydrogens (primary N) is 1. The van der Waals surface area contributed by atoms with E-state index >= 15 is 0 Å². The van der Waals surface area contributed by atoms with Gasteiger partial charge in [0.1, 0.15) is 5.75 Å². The summed E-state index contributed by atoms with van der Waals surface area (Å²) in [5.74, 6) is -0.212. The van der Waals surface area contributed by atoms with Gasteiger partial charge in [-0.2, -0.15) is 0 Å². The first kappa shape index (κ1) is 15.1. The molecule has 1 aromatic rings. The lowest BCUT2D eigenvalue weighted by Gasteiger charge is -2.10. The molecule has 0 heterocycles. The molecule has 2 N–H and O–H groups in total. The third-order valence-electron chi connectivity index (χ3n) is 1.71. The monoisotopic (exact) mass is 255 g/mol. The summed E-state index contributed by atoms with van der Waals surface area (Å²) in [4.78, 5) is 0. The zero-order valence-corrected chi connectivity index (χ0v) is 9.44. The number of alkyl halides is 3. The van der Waals surface area contributed by atoms with Crippen molar-refractivity contribution in [1.29, 1.82) is 0 Å². The molecule has 0 saturated heterocycles. The zero-order chi connectivity index (χ0) is 11.5. The van der Waals surface area contributed by atoms with Crippen LogP contribution in [0.2, 0.25) is 0 Å². The number of hydrogen-bond acceptors (Lipinski definition) is 2. The van der Waals surface area contributed by atoms with Gasteiger partial charge >= 0.3 is 6.36 Å². The Morgan fingerprint density at radius 1 is 1.25 bits per heavy atom. The van der Waals surface area contributed by atoms with E-state index in [1.54, 1.807) is 12.1 Å². The van der Waals surface area contributed by atoms with E-state index < -0.39 is 6.36 Å². The number of ether oxygens (including phenoxy) is 1. The van der Waals surface area contributed by atoms with Crippen molar-refractivity contribution in [3.8, 4) is 5.75 Å². The normalized spacial score (nSPS) is 12.8. The van der Waals surface area contributed by atoms with Crippen LogP contribution in [0.5, 0.6) is 5.75 Å². The Kier molecular flexibility index (Phi) is 5.61. The lowest BCUT2D eigenvalue weighted by molar-refractivity contribution is -0.274. The Balaban J connectivity index is 0.00000225. The standard InChI is InChI=1S/C10H12F3NO.ClH/c1-7(14)6-8-2-4-9(5-3-8)15-10(11,12)13;/h2-5,7H,6,14H2,1H3;1H. The first-order valence-corrected chi connectivity index (χ1v) is 4.47. The fraction of sp³-hybridized carbons (Fsp3) is 0.400. The molecule has 0 radical (unpaired) electrons. The van der Waals surface area contributed by atoms with E-state index in [1.165, 1.54) is 12.1 Å². The van der Waals surface area contributed by atoms with E-state index in [1.807, 2.05) is 6.92 Å². The topological polar surface area (TPSA) is 35.2 Å². The highest BCUT2D eigenvalue weighted by molar-refractivity contribution is 5.85. The second kappa shape index (κ2) is 5.96. The van der Waals surface area contributed by atoms with E-state index in [0.717, 1.165) is 5.56 Å². The predicted octanol–water partition coefficient (Wildman–Crippen LogP) is 2.90. The van der Waals surface area contributed by atoms with Crippen LogP contribution in [0.15, 0.2) is 24.3 Å². The van der Waals surface area contributed by atoms with Crippen LogP contribution in [0.3, 0.4) is 0 Å². The van der Waals surface area contributed by atoms with Crippen molar-refractivity contribution in [1.82, 2.24) is 0 Å². The molecule has 0 aliphatic carbocycles. The minimum atomic E-state index is -4.64. The van der Waals surface area contributed by atoms with Gasteiger partial charge in [-0.25, -0.2) is 0 Å². The summed E-state index contributed by atoms with van der Waals surface area (Å²) in [6, 6.07) is 5.70. The second-order valence-electron chi connectivity index (χ2n) is 3.37. The van der Waals surface area contributed by atoms with Gasteiger partial charge in [0.05, 0.1) is 0 Å². The summed E-state index contributed by atoms with van der Waals surface area (Å²) in [7, 11) is 0. The Morgan fingerprint density at radius 3 is 2.12 bits per heavy atom. The van der Waals surface area contributed by atoms with Gasteiger partial charge in [-0.3, -0.25) is 0 Å². The number of benzene rings is 1. The quantitative estimate of drug-likeness (QED) is 0.901. The van der Waals surface area contributed by atoms with Crippen LogP contribution in [-0.4, -0.2) is 12.4 Å². The molecule has 1 aromatic carbocycles. The van der Waals surface area contributed by atoms with Crippen molar-refractivity contribution >= 4 is 12.4 Å². The first-order chi connectivity index (χ1) is 6.87. The van der Waals surface area contributed by atoms with Crippen LogP contribution in [0.1, 0.15) is 12.5 Å². The molecule has 1 unspecified atom stereocenters. The molecule has 92 valence electrons. The molecule has 6 heteroatoms. The van der Waals surface area contributed by atoms with Gasteiger partial charge in [-0.05, 0) is 31.0 Å². The largest absolute Gasteiger partial charge is 0.573 e. The maximum Gasteiger partial charge on any atom is 0.573 e. The van der Waals surface area contributed by atoms with Crippen molar-refractivity contribution in [3.63, 3.8) is 0 Å². The number of hydrogen-bond donors (Lipinski definition) is 1. The molecule has 0 aliphatic heterocycles. The van der Waals surface area contributed by atoms with Crippen molar-refractivity contribution in [2.24, 2.45) is 5.73 Å². The molecule has 0 fully saturated rings. The van der Waals surface area contributed by atoms with Crippen LogP contribution >= 0.6 is 12.4 Å². The summed E-state index contributed by atoms with van der Waals surface area (Å²) in [5, 5.41) is 0. The van der Waals surface area contributed by atoms with Gasteiger partial charge in [0.15, 0.2) is 0 Å². The van der Waals surface area contributed by atoms with Crippen LogP contribution < -0.4 is 10.5 Å². The van der Waals surface area contributed by atoms with Gasteiger partial charge in [0, 0.05) is 6.04 Å². The first-order valence-electron chi connectivity index (χ1n) is 4.47. The third-order valence-corrected chi connectivity index (χ3v) is 1.71. The van der Waals surface area contributed by atoms with Crippen LogP contribution in [-0.2, 0) is 6.42 Å².